The van der Waals surface area contributed by atoms with Gasteiger partial charge in [0.05, 0.1) is 0 Å². The van der Waals surface area contributed by atoms with Crippen molar-refractivity contribution in [3.63, 3.8) is 0 Å². The van der Waals surface area contributed by atoms with Gasteiger partial charge in [-0.15, -0.1) is 0 Å². The normalized spacial score (nSPS) is 24.4. The maximum atomic E-state index is 5.92. The summed E-state index contributed by atoms with van der Waals surface area (Å²) in [5, 5.41) is 0.569. The van der Waals surface area contributed by atoms with E-state index in [1.54, 1.807) is 6.20 Å². The smallest absolute Gasteiger partial charge is 0.129 e. The van der Waals surface area contributed by atoms with Crippen LogP contribution >= 0.6 is 11.6 Å². The fraction of sp³-hybridized carbons (Fsp3) is 0.643. The number of pyridine rings is 1. The molecule has 1 heterocycles. The SMILES string of the molecule is CN(Cc1ccnc(Cl)c1)C1CCCCC1CN. The third-order valence-electron chi connectivity index (χ3n) is 3.96. The summed E-state index contributed by atoms with van der Waals surface area (Å²) in [6.45, 7) is 1.72. The minimum Gasteiger partial charge on any atom is -0.330 e. The molecule has 2 N–H and O–H groups in total. The predicted molar refractivity (Wildman–Crippen MR) is 75.5 cm³/mol. The summed E-state index contributed by atoms with van der Waals surface area (Å²) in [6.07, 6.45) is 6.95. The van der Waals surface area contributed by atoms with E-state index < -0.39 is 0 Å². The van der Waals surface area contributed by atoms with Gasteiger partial charge < -0.3 is 5.73 Å². The van der Waals surface area contributed by atoms with E-state index in [0.717, 1.165) is 13.1 Å². The zero-order chi connectivity index (χ0) is 13.0. The molecule has 0 radical (unpaired) electrons. The number of halogens is 1. The lowest BCUT2D eigenvalue weighted by Gasteiger charge is -2.37. The highest BCUT2D eigenvalue weighted by molar-refractivity contribution is 6.29. The molecule has 2 atom stereocenters. The van der Waals surface area contributed by atoms with Crippen LogP contribution in [0, 0.1) is 5.92 Å². The molecule has 2 rings (SSSR count). The van der Waals surface area contributed by atoms with Crippen LogP contribution in [0.15, 0.2) is 18.3 Å². The lowest BCUT2D eigenvalue weighted by Crippen LogP contribution is -2.42. The number of hydrogen-bond donors (Lipinski definition) is 1. The van der Waals surface area contributed by atoms with Crippen molar-refractivity contribution in [3.8, 4) is 0 Å². The van der Waals surface area contributed by atoms with E-state index in [9.17, 15) is 0 Å². The molecule has 100 valence electrons. The van der Waals surface area contributed by atoms with Gasteiger partial charge in [-0.2, -0.15) is 0 Å². The minimum atomic E-state index is 0.569. The molecule has 1 aromatic rings. The fourth-order valence-corrected chi connectivity index (χ4v) is 3.19. The summed E-state index contributed by atoms with van der Waals surface area (Å²) < 4.78 is 0. The van der Waals surface area contributed by atoms with Crippen molar-refractivity contribution in [1.29, 1.82) is 0 Å². The molecule has 3 nitrogen and oxygen atoms in total. The summed E-state index contributed by atoms with van der Waals surface area (Å²) in [5.41, 5.74) is 7.11. The Morgan fingerprint density at radius 1 is 1.44 bits per heavy atom. The van der Waals surface area contributed by atoms with Crippen molar-refractivity contribution in [1.82, 2.24) is 9.88 Å². The van der Waals surface area contributed by atoms with Gasteiger partial charge >= 0.3 is 0 Å². The van der Waals surface area contributed by atoms with Crippen LogP contribution in [0.2, 0.25) is 5.15 Å². The predicted octanol–water partition coefficient (Wildman–Crippen LogP) is 2.68. The Morgan fingerprint density at radius 2 is 2.22 bits per heavy atom. The Morgan fingerprint density at radius 3 is 2.94 bits per heavy atom. The Kier molecular flexibility index (Phi) is 4.98. The first-order valence-corrected chi connectivity index (χ1v) is 7.09. The van der Waals surface area contributed by atoms with Gasteiger partial charge in [-0.3, -0.25) is 4.90 Å². The molecule has 0 aromatic carbocycles. The second-order valence-corrected chi connectivity index (χ2v) is 5.64. The molecule has 0 aliphatic heterocycles. The third kappa shape index (κ3) is 3.44. The molecule has 1 aromatic heterocycles. The Labute approximate surface area is 114 Å². The Hall–Kier alpha value is -0.640. The topological polar surface area (TPSA) is 42.2 Å². The van der Waals surface area contributed by atoms with Crippen LogP contribution in [0.4, 0.5) is 0 Å². The zero-order valence-electron chi connectivity index (χ0n) is 11.0. The molecular weight excluding hydrogens is 246 g/mol. The lowest BCUT2D eigenvalue weighted by atomic mass is 9.83. The maximum Gasteiger partial charge on any atom is 0.129 e. The van der Waals surface area contributed by atoms with Crippen LogP contribution in [0.25, 0.3) is 0 Å². The van der Waals surface area contributed by atoms with Crippen LogP contribution in [0.5, 0.6) is 0 Å². The van der Waals surface area contributed by atoms with Crippen LogP contribution in [0.1, 0.15) is 31.2 Å². The van der Waals surface area contributed by atoms with E-state index in [-0.39, 0.29) is 0 Å². The van der Waals surface area contributed by atoms with Gasteiger partial charge in [0.25, 0.3) is 0 Å². The Bertz CT molecular complexity index is 383. The van der Waals surface area contributed by atoms with E-state index >= 15 is 0 Å². The standard InChI is InChI=1S/C14H22ClN3/c1-18(10-11-6-7-17-14(15)8-11)13-5-3-2-4-12(13)9-16/h6-8,12-13H,2-5,9-10,16H2,1H3. The summed E-state index contributed by atoms with van der Waals surface area (Å²) in [5.74, 6) is 0.640. The lowest BCUT2D eigenvalue weighted by molar-refractivity contribution is 0.127. The molecule has 1 saturated carbocycles. The molecule has 1 aliphatic rings. The van der Waals surface area contributed by atoms with Crippen molar-refractivity contribution in [3.05, 3.63) is 29.0 Å². The van der Waals surface area contributed by atoms with Crippen molar-refractivity contribution in [2.24, 2.45) is 11.7 Å². The number of aromatic nitrogens is 1. The van der Waals surface area contributed by atoms with Gasteiger partial charge in [0.2, 0.25) is 0 Å². The third-order valence-corrected chi connectivity index (χ3v) is 4.17. The van der Waals surface area contributed by atoms with E-state index in [1.807, 2.05) is 12.1 Å². The number of nitrogens with two attached hydrogens (primary N) is 1. The maximum absolute atomic E-state index is 5.92. The molecule has 0 saturated heterocycles. The highest BCUT2D eigenvalue weighted by atomic mass is 35.5. The molecule has 18 heavy (non-hydrogen) atoms. The highest BCUT2D eigenvalue weighted by Gasteiger charge is 2.27. The van der Waals surface area contributed by atoms with Crippen LogP contribution in [-0.4, -0.2) is 29.5 Å². The molecule has 4 heteroatoms. The van der Waals surface area contributed by atoms with Gasteiger partial charge in [0, 0.05) is 18.8 Å². The number of nitrogens with zero attached hydrogens (tertiary/aromatic N) is 2. The fourth-order valence-electron chi connectivity index (χ4n) is 2.99. The zero-order valence-corrected chi connectivity index (χ0v) is 11.7. The number of hydrogen-bond acceptors (Lipinski definition) is 3. The first kappa shape index (κ1) is 13.8. The molecule has 2 unspecified atom stereocenters. The summed E-state index contributed by atoms with van der Waals surface area (Å²) in [7, 11) is 2.19. The van der Waals surface area contributed by atoms with Gasteiger partial charge in [-0.25, -0.2) is 4.98 Å². The molecule has 1 aliphatic carbocycles. The van der Waals surface area contributed by atoms with Crippen molar-refractivity contribution < 1.29 is 0 Å². The van der Waals surface area contributed by atoms with Crippen LogP contribution in [0.3, 0.4) is 0 Å². The second-order valence-electron chi connectivity index (χ2n) is 5.25. The molecular formula is C14H22ClN3. The first-order valence-electron chi connectivity index (χ1n) is 6.71. The molecule has 0 spiro atoms. The summed E-state index contributed by atoms with van der Waals surface area (Å²) in [4.78, 5) is 6.44. The van der Waals surface area contributed by atoms with Crippen LogP contribution in [-0.2, 0) is 6.54 Å². The number of rotatable bonds is 4. The second kappa shape index (κ2) is 6.50. The largest absolute Gasteiger partial charge is 0.330 e. The van der Waals surface area contributed by atoms with Gasteiger partial charge in [-0.05, 0) is 50.0 Å². The Balaban J connectivity index is 1.99. The van der Waals surface area contributed by atoms with Crippen molar-refractivity contribution >= 4 is 11.6 Å². The van der Waals surface area contributed by atoms with Crippen molar-refractivity contribution in [2.75, 3.05) is 13.6 Å². The van der Waals surface area contributed by atoms with E-state index in [1.165, 1.54) is 31.2 Å². The first-order chi connectivity index (χ1) is 8.70. The average Bonchev–Trinajstić information content (AvgIpc) is 2.38. The summed E-state index contributed by atoms with van der Waals surface area (Å²) >= 11 is 5.92. The summed E-state index contributed by atoms with van der Waals surface area (Å²) in [6, 6.07) is 4.58. The molecule has 0 bridgehead atoms. The quantitative estimate of drug-likeness (QED) is 0.853. The molecule has 0 amide bonds. The van der Waals surface area contributed by atoms with E-state index in [0.29, 0.717) is 17.1 Å². The van der Waals surface area contributed by atoms with E-state index in [2.05, 4.69) is 16.9 Å². The minimum absolute atomic E-state index is 0.569. The van der Waals surface area contributed by atoms with Gasteiger partial charge in [0.15, 0.2) is 0 Å². The molecule has 1 fully saturated rings. The van der Waals surface area contributed by atoms with Crippen LogP contribution < -0.4 is 5.73 Å². The van der Waals surface area contributed by atoms with Gasteiger partial charge in [0.1, 0.15) is 5.15 Å². The monoisotopic (exact) mass is 267 g/mol. The average molecular weight is 268 g/mol. The highest BCUT2D eigenvalue weighted by Crippen LogP contribution is 2.28. The van der Waals surface area contributed by atoms with E-state index in [4.69, 9.17) is 17.3 Å². The van der Waals surface area contributed by atoms with Gasteiger partial charge in [-0.1, -0.05) is 24.4 Å². The van der Waals surface area contributed by atoms with Crippen molar-refractivity contribution in [2.45, 2.75) is 38.3 Å².